The highest BCUT2D eigenvalue weighted by molar-refractivity contribution is 5.96. The summed E-state index contributed by atoms with van der Waals surface area (Å²) >= 11 is 0. The highest BCUT2D eigenvalue weighted by Gasteiger charge is 2.60. The van der Waals surface area contributed by atoms with Gasteiger partial charge in [-0.15, -0.1) is 0 Å². The van der Waals surface area contributed by atoms with Gasteiger partial charge >= 0.3 is 6.03 Å². The number of urea groups is 1. The normalized spacial score (nSPS) is 23.4. The van der Waals surface area contributed by atoms with E-state index in [4.69, 9.17) is 0 Å². The fourth-order valence-electron chi connectivity index (χ4n) is 3.29. The van der Waals surface area contributed by atoms with E-state index in [-0.39, 0.29) is 23.3 Å². The SMILES string of the molecule is CC(C)=CC1C(C(=O)Nc2ccc(NC(=O)NC3CC3)cc2)C1(C)C. The first-order valence-electron chi connectivity index (χ1n) is 8.91. The van der Waals surface area contributed by atoms with E-state index in [1.54, 1.807) is 12.1 Å². The van der Waals surface area contributed by atoms with Crippen LogP contribution in [0.5, 0.6) is 0 Å². The van der Waals surface area contributed by atoms with E-state index < -0.39 is 0 Å². The van der Waals surface area contributed by atoms with Gasteiger partial charge in [0.15, 0.2) is 0 Å². The monoisotopic (exact) mass is 341 g/mol. The van der Waals surface area contributed by atoms with Crippen molar-refractivity contribution >= 4 is 23.3 Å². The molecular formula is C20H27N3O2. The van der Waals surface area contributed by atoms with Gasteiger partial charge in [0.1, 0.15) is 0 Å². The van der Waals surface area contributed by atoms with E-state index in [0.717, 1.165) is 18.5 Å². The Kier molecular flexibility index (Phi) is 4.58. The molecule has 2 unspecified atom stereocenters. The van der Waals surface area contributed by atoms with Crippen molar-refractivity contribution < 1.29 is 9.59 Å². The third-order valence-electron chi connectivity index (χ3n) is 5.03. The number of benzene rings is 1. The largest absolute Gasteiger partial charge is 0.335 e. The van der Waals surface area contributed by atoms with E-state index in [1.807, 2.05) is 12.1 Å². The van der Waals surface area contributed by atoms with Crippen LogP contribution < -0.4 is 16.0 Å². The molecule has 2 aliphatic carbocycles. The van der Waals surface area contributed by atoms with Crippen LogP contribution in [0.1, 0.15) is 40.5 Å². The number of anilines is 2. The predicted molar refractivity (Wildman–Crippen MR) is 100 cm³/mol. The van der Waals surface area contributed by atoms with E-state index in [1.165, 1.54) is 5.57 Å². The van der Waals surface area contributed by atoms with Crippen molar-refractivity contribution in [2.24, 2.45) is 17.3 Å². The minimum Gasteiger partial charge on any atom is -0.335 e. The van der Waals surface area contributed by atoms with E-state index in [2.05, 4.69) is 49.7 Å². The average Bonchev–Trinajstić information content (AvgIpc) is 3.40. The summed E-state index contributed by atoms with van der Waals surface area (Å²) in [5.74, 6) is 0.355. The van der Waals surface area contributed by atoms with Crippen LogP contribution in [0, 0.1) is 17.3 Å². The van der Waals surface area contributed by atoms with Gasteiger partial charge in [-0.05, 0) is 62.3 Å². The molecule has 2 saturated carbocycles. The molecule has 1 aromatic carbocycles. The summed E-state index contributed by atoms with van der Waals surface area (Å²) in [6.45, 7) is 8.39. The maximum Gasteiger partial charge on any atom is 0.319 e. The first-order chi connectivity index (χ1) is 11.8. The molecule has 3 N–H and O–H groups in total. The third kappa shape index (κ3) is 4.21. The van der Waals surface area contributed by atoms with Crippen LogP contribution in [-0.4, -0.2) is 18.0 Å². The molecule has 0 bridgehead atoms. The van der Waals surface area contributed by atoms with Crippen LogP contribution in [0.15, 0.2) is 35.9 Å². The molecule has 0 aliphatic heterocycles. The summed E-state index contributed by atoms with van der Waals surface area (Å²) in [6, 6.07) is 7.38. The molecule has 134 valence electrons. The van der Waals surface area contributed by atoms with Crippen molar-refractivity contribution in [3.8, 4) is 0 Å². The van der Waals surface area contributed by atoms with Crippen molar-refractivity contribution in [2.75, 3.05) is 10.6 Å². The number of hydrogen-bond acceptors (Lipinski definition) is 2. The van der Waals surface area contributed by atoms with Gasteiger partial charge in [0.2, 0.25) is 5.91 Å². The zero-order valence-electron chi connectivity index (χ0n) is 15.3. The van der Waals surface area contributed by atoms with E-state index in [9.17, 15) is 9.59 Å². The van der Waals surface area contributed by atoms with Crippen LogP contribution in [-0.2, 0) is 4.79 Å². The Bertz CT molecular complexity index is 698. The number of amides is 3. The lowest BCUT2D eigenvalue weighted by Crippen LogP contribution is -2.30. The molecule has 25 heavy (non-hydrogen) atoms. The van der Waals surface area contributed by atoms with Crippen LogP contribution in [0.2, 0.25) is 0 Å². The predicted octanol–water partition coefficient (Wildman–Crippen LogP) is 4.15. The minimum atomic E-state index is -0.177. The highest BCUT2D eigenvalue weighted by Crippen LogP contribution is 2.59. The number of hydrogen-bond donors (Lipinski definition) is 3. The molecule has 1 aromatic rings. The second kappa shape index (κ2) is 6.54. The van der Waals surface area contributed by atoms with Gasteiger partial charge in [-0.2, -0.15) is 0 Å². The molecule has 0 radical (unpaired) electrons. The van der Waals surface area contributed by atoms with Crippen molar-refractivity contribution in [1.82, 2.24) is 5.32 Å². The van der Waals surface area contributed by atoms with Gasteiger partial charge in [0.25, 0.3) is 0 Å². The first-order valence-corrected chi connectivity index (χ1v) is 8.91. The molecule has 5 heteroatoms. The highest BCUT2D eigenvalue weighted by atomic mass is 16.2. The fourth-order valence-corrected chi connectivity index (χ4v) is 3.29. The average molecular weight is 341 g/mol. The van der Waals surface area contributed by atoms with E-state index in [0.29, 0.717) is 17.6 Å². The van der Waals surface area contributed by atoms with Gasteiger partial charge in [-0.1, -0.05) is 25.5 Å². The standard InChI is InChI=1S/C20H27N3O2/c1-12(2)11-16-17(20(16,3)4)18(24)21-13-5-7-14(8-6-13)22-19(25)23-15-9-10-15/h5-8,11,15-17H,9-10H2,1-4H3,(H,21,24)(H2,22,23,25). The lowest BCUT2D eigenvalue weighted by Gasteiger charge is -2.09. The van der Waals surface area contributed by atoms with Crippen molar-refractivity contribution in [2.45, 2.75) is 46.6 Å². The quantitative estimate of drug-likeness (QED) is 0.704. The number of nitrogens with one attached hydrogen (secondary N) is 3. The molecule has 2 fully saturated rings. The lowest BCUT2D eigenvalue weighted by atomic mass is 10.1. The Morgan fingerprint density at radius 2 is 1.60 bits per heavy atom. The van der Waals surface area contributed by atoms with Crippen LogP contribution in [0.3, 0.4) is 0 Å². The van der Waals surface area contributed by atoms with Gasteiger partial charge in [0, 0.05) is 17.4 Å². The van der Waals surface area contributed by atoms with Crippen molar-refractivity contribution in [1.29, 1.82) is 0 Å². The Labute approximate surface area is 149 Å². The smallest absolute Gasteiger partial charge is 0.319 e. The van der Waals surface area contributed by atoms with Crippen LogP contribution >= 0.6 is 0 Å². The van der Waals surface area contributed by atoms with Crippen molar-refractivity contribution in [3.63, 3.8) is 0 Å². The Morgan fingerprint density at radius 3 is 2.12 bits per heavy atom. The summed E-state index contributed by atoms with van der Waals surface area (Å²) in [5, 5.41) is 8.67. The summed E-state index contributed by atoms with van der Waals surface area (Å²) in [6.07, 6.45) is 4.31. The molecule has 2 atom stereocenters. The molecule has 0 aromatic heterocycles. The summed E-state index contributed by atoms with van der Waals surface area (Å²) in [7, 11) is 0. The van der Waals surface area contributed by atoms with Gasteiger partial charge in [-0.3, -0.25) is 4.79 Å². The Balaban J connectivity index is 1.55. The molecule has 2 aliphatic rings. The zero-order valence-corrected chi connectivity index (χ0v) is 15.3. The van der Waals surface area contributed by atoms with E-state index >= 15 is 0 Å². The number of carbonyl (C=O) groups is 2. The van der Waals surface area contributed by atoms with Crippen molar-refractivity contribution in [3.05, 3.63) is 35.9 Å². The molecule has 3 rings (SSSR count). The minimum absolute atomic E-state index is 0.00372. The zero-order chi connectivity index (χ0) is 18.2. The third-order valence-corrected chi connectivity index (χ3v) is 5.03. The van der Waals surface area contributed by atoms with Gasteiger partial charge in [-0.25, -0.2) is 4.79 Å². The van der Waals surface area contributed by atoms with Crippen LogP contribution in [0.4, 0.5) is 16.2 Å². The van der Waals surface area contributed by atoms with Gasteiger partial charge < -0.3 is 16.0 Å². The fraction of sp³-hybridized carbons (Fsp3) is 0.500. The maximum absolute atomic E-state index is 12.6. The molecule has 5 nitrogen and oxygen atoms in total. The number of rotatable bonds is 5. The lowest BCUT2D eigenvalue weighted by molar-refractivity contribution is -0.118. The number of allylic oxidation sites excluding steroid dienone is 2. The Hall–Kier alpha value is -2.30. The topological polar surface area (TPSA) is 70.2 Å². The molecule has 0 spiro atoms. The number of carbonyl (C=O) groups excluding carboxylic acids is 2. The maximum atomic E-state index is 12.6. The summed E-state index contributed by atoms with van der Waals surface area (Å²) in [5.41, 5.74) is 2.71. The summed E-state index contributed by atoms with van der Waals surface area (Å²) in [4.78, 5) is 24.3. The first kappa shape index (κ1) is 17.5. The molecule has 0 heterocycles. The summed E-state index contributed by atoms with van der Waals surface area (Å²) < 4.78 is 0. The Morgan fingerprint density at radius 1 is 1.04 bits per heavy atom. The molecule has 0 saturated heterocycles. The molecular weight excluding hydrogens is 314 g/mol. The second-order valence-corrected chi connectivity index (χ2v) is 8.01. The molecule has 3 amide bonds. The van der Waals surface area contributed by atoms with Gasteiger partial charge in [0.05, 0.1) is 5.92 Å². The second-order valence-electron chi connectivity index (χ2n) is 8.01. The van der Waals surface area contributed by atoms with Crippen LogP contribution in [0.25, 0.3) is 0 Å².